The second-order valence-corrected chi connectivity index (χ2v) is 3.84. The summed E-state index contributed by atoms with van der Waals surface area (Å²) in [6, 6.07) is 0. The van der Waals surface area contributed by atoms with Gasteiger partial charge in [0.15, 0.2) is 5.82 Å². The molecule has 0 amide bonds. The molecule has 1 N–H and O–H groups in total. The summed E-state index contributed by atoms with van der Waals surface area (Å²) in [6.45, 7) is 1.78. The summed E-state index contributed by atoms with van der Waals surface area (Å²) in [4.78, 5) is 4.08. The van der Waals surface area contributed by atoms with Gasteiger partial charge in [0.2, 0.25) is 5.89 Å². The number of nitrogens with zero attached hydrogens (tertiary/aromatic N) is 2. The monoisotopic (exact) mass is 182 g/mol. The zero-order valence-corrected chi connectivity index (χ0v) is 7.79. The van der Waals surface area contributed by atoms with Gasteiger partial charge in [0.05, 0.1) is 12.0 Å². The van der Waals surface area contributed by atoms with E-state index >= 15 is 0 Å². The molecule has 4 nitrogen and oxygen atoms in total. The first-order chi connectivity index (χ1) is 6.18. The Morgan fingerprint density at radius 1 is 1.46 bits per heavy atom. The highest BCUT2D eigenvalue weighted by Gasteiger charge is 2.33. The molecule has 1 heterocycles. The molecule has 0 saturated heterocycles. The quantitative estimate of drug-likeness (QED) is 0.747. The number of hydrogen-bond acceptors (Lipinski definition) is 4. The van der Waals surface area contributed by atoms with Crippen LogP contribution in [0.3, 0.4) is 0 Å². The molecule has 1 fully saturated rings. The minimum atomic E-state index is -0.584. The lowest BCUT2D eigenvalue weighted by atomic mass is 9.98. The van der Waals surface area contributed by atoms with Gasteiger partial charge in [-0.2, -0.15) is 4.98 Å². The summed E-state index contributed by atoms with van der Waals surface area (Å²) in [5.41, 5.74) is -0.584. The van der Waals surface area contributed by atoms with Gasteiger partial charge in [-0.15, -0.1) is 0 Å². The highest BCUT2D eigenvalue weighted by molar-refractivity contribution is 4.94. The van der Waals surface area contributed by atoms with Crippen molar-refractivity contribution in [1.82, 2.24) is 10.1 Å². The molecule has 0 atom stereocenters. The van der Waals surface area contributed by atoms with Gasteiger partial charge in [-0.25, -0.2) is 0 Å². The second kappa shape index (κ2) is 3.10. The number of hydrogen-bond donors (Lipinski definition) is 1. The Kier molecular flexibility index (Phi) is 2.07. The summed E-state index contributed by atoms with van der Waals surface area (Å²) < 4.78 is 4.97. The highest BCUT2D eigenvalue weighted by atomic mass is 16.5. The van der Waals surface area contributed by atoms with Crippen molar-refractivity contribution >= 4 is 0 Å². The van der Waals surface area contributed by atoms with Gasteiger partial charge in [0.25, 0.3) is 0 Å². The molecule has 13 heavy (non-hydrogen) atoms. The lowest BCUT2D eigenvalue weighted by Crippen LogP contribution is -2.27. The fraction of sp³-hybridized carbons (Fsp3) is 0.778. The van der Waals surface area contributed by atoms with Gasteiger partial charge in [0.1, 0.15) is 0 Å². The largest absolute Gasteiger partial charge is 0.389 e. The molecule has 1 aromatic heterocycles. The molecule has 0 spiro atoms. The van der Waals surface area contributed by atoms with Crippen LogP contribution in [0.15, 0.2) is 4.52 Å². The Morgan fingerprint density at radius 2 is 2.15 bits per heavy atom. The lowest BCUT2D eigenvalue weighted by Gasteiger charge is -2.18. The van der Waals surface area contributed by atoms with Gasteiger partial charge in [-0.3, -0.25) is 0 Å². The van der Waals surface area contributed by atoms with Crippen LogP contribution in [0.2, 0.25) is 0 Å². The van der Waals surface area contributed by atoms with Crippen molar-refractivity contribution in [3.8, 4) is 0 Å². The maximum absolute atomic E-state index is 10.0. The zero-order chi connectivity index (χ0) is 9.31. The number of aromatic nitrogens is 2. The van der Waals surface area contributed by atoms with Gasteiger partial charge in [0, 0.05) is 0 Å². The van der Waals surface area contributed by atoms with Crippen molar-refractivity contribution in [2.45, 2.75) is 44.6 Å². The number of aryl methyl sites for hydroxylation is 1. The second-order valence-electron chi connectivity index (χ2n) is 3.84. The Hall–Kier alpha value is -0.900. The molecule has 1 saturated carbocycles. The van der Waals surface area contributed by atoms with Crippen LogP contribution in [0.1, 0.15) is 37.4 Å². The molecule has 1 aromatic rings. The normalized spacial score (nSPS) is 20.8. The van der Waals surface area contributed by atoms with Crippen molar-refractivity contribution in [2.24, 2.45) is 0 Å². The van der Waals surface area contributed by atoms with E-state index in [-0.39, 0.29) is 0 Å². The minimum Gasteiger partial charge on any atom is -0.389 e. The predicted octanol–water partition coefficient (Wildman–Crippen LogP) is 1.23. The zero-order valence-electron chi connectivity index (χ0n) is 7.79. The fourth-order valence-electron chi connectivity index (χ4n) is 1.90. The van der Waals surface area contributed by atoms with Crippen LogP contribution in [0.4, 0.5) is 0 Å². The topological polar surface area (TPSA) is 59.2 Å². The summed E-state index contributed by atoms with van der Waals surface area (Å²) in [6.07, 6.45) is 4.42. The molecule has 0 aromatic carbocycles. The molecule has 1 aliphatic carbocycles. The summed E-state index contributed by atoms with van der Waals surface area (Å²) in [5.74, 6) is 1.19. The fourth-order valence-corrected chi connectivity index (χ4v) is 1.90. The van der Waals surface area contributed by atoms with E-state index in [0.717, 1.165) is 25.7 Å². The van der Waals surface area contributed by atoms with E-state index < -0.39 is 5.60 Å². The van der Waals surface area contributed by atoms with Crippen molar-refractivity contribution < 1.29 is 9.63 Å². The van der Waals surface area contributed by atoms with E-state index in [4.69, 9.17) is 4.52 Å². The molecular weight excluding hydrogens is 168 g/mol. The molecule has 1 aliphatic rings. The minimum absolute atomic E-state index is 0.508. The first-order valence-corrected chi connectivity index (χ1v) is 4.70. The van der Waals surface area contributed by atoms with Crippen LogP contribution in [-0.2, 0) is 6.42 Å². The first-order valence-electron chi connectivity index (χ1n) is 4.70. The molecule has 4 heteroatoms. The molecule has 2 rings (SSSR count). The average molecular weight is 182 g/mol. The predicted molar refractivity (Wildman–Crippen MR) is 46.2 cm³/mol. The Morgan fingerprint density at radius 3 is 2.69 bits per heavy atom. The molecule has 0 aliphatic heterocycles. The first kappa shape index (κ1) is 8.69. The Balaban J connectivity index is 2.04. The van der Waals surface area contributed by atoms with E-state index in [1.165, 1.54) is 0 Å². The Labute approximate surface area is 77.0 Å². The molecule has 72 valence electrons. The SMILES string of the molecule is Cc1noc(CC2(O)CCCC2)n1. The maximum Gasteiger partial charge on any atom is 0.229 e. The van der Waals surface area contributed by atoms with E-state index in [1.807, 2.05) is 0 Å². The molecule has 0 radical (unpaired) electrons. The summed E-state index contributed by atoms with van der Waals surface area (Å²) >= 11 is 0. The van der Waals surface area contributed by atoms with Crippen molar-refractivity contribution in [2.75, 3.05) is 0 Å². The summed E-state index contributed by atoms with van der Waals surface area (Å²) in [7, 11) is 0. The van der Waals surface area contributed by atoms with Crippen molar-refractivity contribution in [1.29, 1.82) is 0 Å². The number of rotatable bonds is 2. The van der Waals surface area contributed by atoms with Crippen molar-refractivity contribution in [3.05, 3.63) is 11.7 Å². The van der Waals surface area contributed by atoms with E-state index in [2.05, 4.69) is 10.1 Å². The Bertz CT molecular complexity index is 290. The number of aliphatic hydroxyl groups is 1. The van der Waals surface area contributed by atoms with Crippen LogP contribution in [-0.4, -0.2) is 20.8 Å². The smallest absolute Gasteiger partial charge is 0.229 e. The van der Waals surface area contributed by atoms with Crippen molar-refractivity contribution in [3.63, 3.8) is 0 Å². The van der Waals surface area contributed by atoms with Crippen LogP contribution >= 0.6 is 0 Å². The molecule has 0 bridgehead atoms. The van der Waals surface area contributed by atoms with E-state index in [1.54, 1.807) is 6.92 Å². The van der Waals surface area contributed by atoms with Gasteiger partial charge >= 0.3 is 0 Å². The van der Waals surface area contributed by atoms with Crippen LogP contribution in [0, 0.1) is 6.92 Å². The van der Waals surface area contributed by atoms with Gasteiger partial charge in [-0.05, 0) is 19.8 Å². The summed E-state index contributed by atoms with van der Waals surface area (Å²) in [5, 5.41) is 13.7. The van der Waals surface area contributed by atoms with Crippen LogP contribution < -0.4 is 0 Å². The third-order valence-corrected chi connectivity index (χ3v) is 2.58. The average Bonchev–Trinajstić information content (AvgIpc) is 2.62. The highest BCUT2D eigenvalue weighted by Crippen LogP contribution is 2.31. The van der Waals surface area contributed by atoms with Gasteiger partial charge in [-0.1, -0.05) is 18.0 Å². The van der Waals surface area contributed by atoms with E-state index in [9.17, 15) is 5.11 Å². The standard InChI is InChI=1S/C9H14N2O2/c1-7-10-8(13-11-7)6-9(12)4-2-3-5-9/h12H,2-6H2,1H3. The van der Waals surface area contributed by atoms with Gasteiger partial charge < -0.3 is 9.63 Å². The maximum atomic E-state index is 10.0. The van der Waals surface area contributed by atoms with E-state index in [0.29, 0.717) is 18.1 Å². The third-order valence-electron chi connectivity index (χ3n) is 2.58. The lowest BCUT2D eigenvalue weighted by molar-refractivity contribution is 0.0402. The molecule has 0 unspecified atom stereocenters. The van der Waals surface area contributed by atoms with Crippen LogP contribution in [0.5, 0.6) is 0 Å². The third kappa shape index (κ3) is 1.88. The van der Waals surface area contributed by atoms with Crippen LogP contribution in [0.25, 0.3) is 0 Å². The molecular formula is C9H14N2O2.